The zero-order valence-electron chi connectivity index (χ0n) is 11.2. The first-order valence-electron chi connectivity index (χ1n) is 6.47. The maximum atomic E-state index is 12.2. The Kier molecular flexibility index (Phi) is 4.62. The quantitative estimate of drug-likeness (QED) is 0.838. The van der Waals surface area contributed by atoms with Crippen LogP contribution in [0.1, 0.15) is 29.6 Å². The molecule has 2 atom stereocenters. The molecular formula is C14H17ClN2O3. The molecule has 6 heteroatoms. The van der Waals surface area contributed by atoms with E-state index in [0.29, 0.717) is 10.7 Å². The number of ether oxygens (including phenoxy) is 1. The molecule has 5 nitrogen and oxygen atoms in total. The Morgan fingerprint density at radius 2 is 2.15 bits per heavy atom. The summed E-state index contributed by atoms with van der Waals surface area (Å²) in [6, 6.07) is 4.55. The highest BCUT2D eigenvalue weighted by molar-refractivity contribution is 6.31. The lowest BCUT2D eigenvalue weighted by Crippen LogP contribution is -2.34. The molecule has 0 aliphatic heterocycles. The third-order valence-electron chi connectivity index (χ3n) is 3.55. The Hall–Kier alpha value is -1.59. The zero-order valence-corrected chi connectivity index (χ0v) is 11.9. The summed E-state index contributed by atoms with van der Waals surface area (Å²) in [7, 11) is 1.28. The summed E-state index contributed by atoms with van der Waals surface area (Å²) < 4.78 is 4.69. The number of halogens is 1. The van der Waals surface area contributed by atoms with Gasteiger partial charge >= 0.3 is 5.97 Å². The van der Waals surface area contributed by atoms with E-state index < -0.39 is 5.97 Å². The first-order valence-corrected chi connectivity index (χ1v) is 6.85. The molecule has 3 N–H and O–H groups in total. The summed E-state index contributed by atoms with van der Waals surface area (Å²) in [5.41, 5.74) is 6.54. The maximum absolute atomic E-state index is 12.2. The Balaban J connectivity index is 2.20. The van der Waals surface area contributed by atoms with Crippen molar-refractivity contribution in [3.05, 3.63) is 28.8 Å². The van der Waals surface area contributed by atoms with Crippen LogP contribution in [0, 0.1) is 5.92 Å². The summed E-state index contributed by atoms with van der Waals surface area (Å²) in [5, 5.41) is 3.15. The van der Waals surface area contributed by atoms with Gasteiger partial charge in [-0.05, 0) is 31.0 Å². The topological polar surface area (TPSA) is 81.4 Å². The van der Waals surface area contributed by atoms with Crippen LogP contribution < -0.4 is 11.1 Å². The van der Waals surface area contributed by atoms with Gasteiger partial charge in [-0.2, -0.15) is 0 Å². The van der Waals surface area contributed by atoms with Crippen molar-refractivity contribution in [1.29, 1.82) is 0 Å². The van der Waals surface area contributed by atoms with Crippen LogP contribution in [0.2, 0.25) is 5.02 Å². The van der Waals surface area contributed by atoms with E-state index in [9.17, 15) is 9.59 Å². The van der Waals surface area contributed by atoms with Gasteiger partial charge in [-0.15, -0.1) is 0 Å². The molecule has 0 spiro atoms. The Morgan fingerprint density at radius 3 is 2.75 bits per heavy atom. The van der Waals surface area contributed by atoms with Crippen LogP contribution in [-0.4, -0.2) is 25.0 Å². The van der Waals surface area contributed by atoms with E-state index >= 15 is 0 Å². The van der Waals surface area contributed by atoms with E-state index in [2.05, 4.69) is 10.1 Å². The third kappa shape index (κ3) is 3.11. The Labute approximate surface area is 122 Å². The van der Waals surface area contributed by atoms with Gasteiger partial charge in [0.1, 0.15) is 0 Å². The monoisotopic (exact) mass is 296 g/mol. The molecular weight excluding hydrogens is 280 g/mol. The van der Waals surface area contributed by atoms with Crippen molar-refractivity contribution in [2.75, 3.05) is 12.4 Å². The normalized spacial score (nSPS) is 21.6. The minimum atomic E-state index is -0.543. The number of carbonyl (C=O) groups is 2. The first-order chi connectivity index (χ1) is 9.52. The van der Waals surface area contributed by atoms with Crippen molar-refractivity contribution in [2.45, 2.75) is 25.3 Å². The number of anilines is 1. The number of methoxy groups -OCH3 is 1. The van der Waals surface area contributed by atoms with E-state index in [1.807, 2.05) is 0 Å². The van der Waals surface area contributed by atoms with Crippen LogP contribution in [0.5, 0.6) is 0 Å². The van der Waals surface area contributed by atoms with Crippen molar-refractivity contribution in [2.24, 2.45) is 11.7 Å². The average Bonchev–Trinajstić information content (AvgIpc) is 2.86. The minimum absolute atomic E-state index is 0.121. The molecule has 108 valence electrons. The number of rotatable bonds is 3. The Bertz CT molecular complexity index is 533. The number of benzene rings is 1. The largest absolute Gasteiger partial charge is 0.465 e. The van der Waals surface area contributed by atoms with Crippen molar-refractivity contribution < 1.29 is 14.3 Å². The van der Waals surface area contributed by atoms with E-state index in [1.54, 1.807) is 12.1 Å². The van der Waals surface area contributed by atoms with Crippen LogP contribution in [0.3, 0.4) is 0 Å². The number of hydrogen-bond acceptors (Lipinski definition) is 4. The fraction of sp³-hybridized carbons (Fsp3) is 0.429. The summed E-state index contributed by atoms with van der Waals surface area (Å²) in [5.74, 6) is -0.919. The second-order valence-electron chi connectivity index (χ2n) is 4.87. The zero-order chi connectivity index (χ0) is 14.7. The molecule has 2 rings (SSSR count). The maximum Gasteiger partial charge on any atom is 0.340 e. The number of amides is 1. The molecule has 1 aliphatic rings. The number of hydrogen-bond donors (Lipinski definition) is 2. The molecule has 0 bridgehead atoms. The van der Waals surface area contributed by atoms with Gasteiger partial charge < -0.3 is 15.8 Å². The molecule has 1 aromatic carbocycles. The molecule has 0 saturated heterocycles. The minimum Gasteiger partial charge on any atom is -0.465 e. The highest BCUT2D eigenvalue weighted by Gasteiger charge is 2.30. The molecule has 20 heavy (non-hydrogen) atoms. The van der Waals surface area contributed by atoms with Crippen LogP contribution in [0.4, 0.5) is 5.69 Å². The number of nitrogens with two attached hydrogens (primary N) is 1. The second kappa shape index (κ2) is 6.24. The number of carbonyl (C=O) groups excluding carboxylic acids is 2. The van der Waals surface area contributed by atoms with Crippen LogP contribution in [0.25, 0.3) is 0 Å². The van der Waals surface area contributed by atoms with Gasteiger partial charge in [0, 0.05) is 11.1 Å². The van der Waals surface area contributed by atoms with Gasteiger partial charge in [0.25, 0.3) is 0 Å². The molecule has 1 aliphatic carbocycles. The Morgan fingerprint density at radius 1 is 1.40 bits per heavy atom. The van der Waals surface area contributed by atoms with E-state index in [4.69, 9.17) is 17.3 Å². The predicted octanol–water partition coefficient (Wildman–Crippen LogP) is 2.19. The lowest BCUT2D eigenvalue weighted by atomic mass is 10.0. The standard InChI is InChI=1S/C14H17ClN2O3/c1-20-14(19)10-7-8(15)5-6-12(10)17-13(18)9-3-2-4-11(9)16/h5-7,9,11H,2-4,16H2,1H3,(H,17,18). The van der Waals surface area contributed by atoms with Gasteiger partial charge in [0.15, 0.2) is 0 Å². The molecule has 1 aromatic rings. The molecule has 0 heterocycles. The van der Waals surface area contributed by atoms with E-state index in [-0.39, 0.29) is 23.4 Å². The summed E-state index contributed by atoms with van der Waals surface area (Å²) in [4.78, 5) is 23.9. The lowest BCUT2D eigenvalue weighted by Gasteiger charge is -2.16. The van der Waals surface area contributed by atoms with Gasteiger partial charge in [-0.3, -0.25) is 4.79 Å². The first kappa shape index (κ1) is 14.8. The summed E-state index contributed by atoms with van der Waals surface area (Å²) in [6.07, 6.45) is 2.57. The summed E-state index contributed by atoms with van der Waals surface area (Å²) in [6.45, 7) is 0. The molecule has 0 radical (unpaired) electrons. The van der Waals surface area contributed by atoms with Crippen molar-refractivity contribution >= 4 is 29.2 Å². The van der Waals surface area contributed by atoms with Crippen molar-refractivity contribution in [3.8, 4) is 0 Å². The summed E-state index contributed by atoms with van der Waals surface area (Å²) >= 11 is 5.86. The predicted molar refractivity (Wildman–Crippen MR) is 76.7 cm³/mol. The van der Waals surface area contributed by atoms with Gasteiger partial charge in [0.2, 0.25) is 5.91 Å². The number of esters is 1. The molecule has 1 amide bonds. The third-order valence-corrected chi connectivity index (χ3v) is 3.79. The van der Waals surface area contributed by atoms with Crippen LogP contribution >= 0.6 is 11.6 Å². The molecule has 1 fully saturated rings. The van der Waals surface area contributed by atoms with Crippen LogP contribution in [-0.2, 0) is 9.53 Å². The lowest BCUT2D eigenvalue weighted by molar-refractivity contribution is -0.120. The smallest absolute Gasteiger partial charge is 0.340 e. The molecule has 1 saturated carbocycles. The number of nitrogens with one attached hydrogen (secondary N) is 1. The van der Waals surface area contributed by atoms with Crippen LogP contribution in [0.15, 0.2) is 18.2 Å². The van der Waals surface area contributed by atoms with Crippen molar-refractivity contribution in [3.63, 3.8) is 0 Å². The highest BCUT2D eigenvalue weighted by atomic mass is 35.5. The van der Waals surface area contributed by atoms with Gasteiger partial charge in [-0.25, -0.2) is 4.79 Å². The SMILES string of the molecule is COC(=O)c1cc(Cl)ccc1NC(=O)C1CCCC1N. The average molecular weight is 297 g/mol. The van der Waals surface area contributed by atoms with E-state index in [0.717, 1.165) is 19.3 Å². The van der Waals surface area contributed by atoms with Gasteiger partial charge in [0.05, 0.1) is 24.3 Å². The molecule has 2 unspecified atom stereocenters. The highest BCUT2D eigenvalue weighted by Crippen LogP contribution is 2.27. The fourth-order valence-electron chi connectivity index (χ4n) is 2.44. The second-order valence-corrected chi connectivity index (χ2v) is 5.31. The van der Waals surface area contributed by atoms with Gasteiger partial charge in [-0.1, -0.05) is 18.0 Å². The van der Waals surface area contributed by atoms with E-state index in [1.165, 1.54) is 13.2 Å². The fourth-order valence-corrected chi connectivity index (χ4v) is 2.62. The van der Waals surface area contributed by atoms with Crippen molar-refractivity contribution in [1.82, 2.24) is 0 Å². The molecule has 0 aromatic heterocycles.